The molecule has 8 nitrogen and oxygen atoms in total. The van der Waals surface area contributed by atoms with E-state index >= 15 is 0 Å². The van der Waals surface area contributed by atoms with Gasteiger partial charge in [-0.1, -0.05) is 12.8 Å². The van der Waals surface area contributed by atoms with Crippen LogP contribution in [-0.2, 0) is 19.2 Å². The third-order valence-corrected chi connectivity index (χ3v) is 3.57. The van der Waals surface area contributed by atoms with Crippen LogP contribution in [0.15, 0.2) is 0 Å². The Kier molecular flexibility index (Phi) is 9.23. The van der Waals surface area contributed by atoms with Gasteiger partial charge in [0.15, 0.2) is 6.23 Å². The number of carbonyl (C=O) groups is 3. The molecule has 0 aromatic carbocycles. The predicted octanol–water partition coefficient (Wildman–Crippen LogP) is 0.191. The molecule has 23 heavy (non-hydrogen) atoms. The molecular formula is C15H27N3O5. The molecule has 1 saturated heterocycles. The van der Waals surface area contributed by atoms with Gasteiger partial charge in [-0.15, -0.1) is 5.06 Å². The van der Waals surface area contributed by atoms with Crippen molar-refractivity contribution in [3.8, 4) is 0 Å². The van der Waals surface area contributed by atoms with Crippen LogP contribution < -0.4 is 11.1 Å². The highest BCUT2D eigenvalue weighted by atomic mass is 16.7. The Hall–Kier alpha value is -1.67. The standard InChI is InChI=1S/C15H27N3O5/c16-10-5-11-17-12(19)6-3-1-2-4-7-15(22)23-18-13(20)8-9-14(18)21/h13,20H,1-11,16H2,(H,17,19). The Labute approximate surface area is 136 Å². The van der Waals surface area contributed by atoms with Gasteiger partial charge in [0.25, 0.3) is 5.91 Å². The number of unbranched alkanes of at least 4 members (excludes halogenated alkanes) is 3. The molecule has 0 aliphatic carbocycles. The SMILES string of the molecule is NCCCNC(=O)CCCCCCC(=O)ON1C(=O)CCC1O. The van der Waals surface area contributed by atoms with Crippen LogP contribution in [0.1, 0.15) is 57.8 Å². The van der Waals surface area contributed by atoms with Crippen molar-refractivity contribution in [2.75, 3.05) is 13.1 Å². The van der Waals surface area contributed by atoms with Gasteiger partial charge in [-0.3, -0.25) is 9.59 Å². The van der Waals surface area contributed by atoms with E-state index in [4.69, 9.17) is 10.6 Å². The van der Waals surface area contributed by atoms with Crippen molar-refractivity contribution in [1.29, 1.82) is 0 Å². The van der Waals surface area contributed by atoms with E-state index in [0.29, 0.717) is 32.4 Å². The van der Waals surface area contributed by atoms with E-state index in [9.17, 15) is 19.5 Å². The van der Waals surface area contributed by atoms with E-state index in [0.717, 1.165) is 30.7 Å². The molecule has 1 fully saturated rings. The number of nitrogens with one attached hydrogen (secondary N) is 1. The molecule has 0 aromatic rings. The first kappa shape index (κ1) is 19.4. The van der Waals surface area contributed by atoms with Gasteiger partial charge in [0, 0.05) is 32.2 Å². The Morgan fingerprint density at radius 1 is 1.22 bits per heavy atom. The third-order valence-electron chi connectivity index (χ3n) is 3.57. The van der Waals surface area contributed by atoms with E-state index in [-0.39, 0.29) is 24.7 Å². The fraction of sp³-hybridized carbons (Fsp3) is 0.800. The van der Waals surface area contributed by atoms with Crippen LogP contribution in [-0.4, -0.2) is 47.3 Å². The number of hydroxylamine groups is 2. The highest BCUT2D eigenvalue weighted by Crippen LogP contribution is 2.17. The average Bonchev–Trinajstić information content (AvgIpc) is 2.83. The van der Waals surface area contributed by atoms with Crippen molar-refractivity contribution in [2.24, 2.45) is 5.73 Å². The van der Waals surface area contributed by atoms with Crippen LogP contribution in [0.25, 0.3) is 0 Å². The fourth-order valence-electron chi connectivity index (χ4n) is 2.24. The molecule has 8 heteroatoms. The van der Waals surface area contributed by atoms with Gasteiger partial charge in [-0.05, 0) is 25.8 Å². The third kappa shape index (κ3) is 7.94. The maximum atomic E-state index is 11.6. The summed E-state index contributed by atoms with van der Waals surface area (Å²) < 4.78 is 0. The molecule has 2 amide bonds. The lowest BCUT2D eigenvalue weighted by molar-refractivity contribution is -0.220. The number of carbonyl (C=O) groups excluding carboxylic acids is 3. The van der Waals surface area contributed by atoms with Crippen molar-refractivity contribution < 1.29 is 24.3 Å². The Morgan fingerprint density at radius 3 is 2.52 bits per heavy atom. The zero-order valence-electron chi connectivity index (χ0n) is 13.5. The molecule has 4 N–H and O–H groups in total. The number of hydrogen-bond donors (Lipinski definition) is 3. The predicted molar refractivity (Wildman–Crippen MR) is 82.6 cm³/mol. The minimum Gasteiger partial charge on any atom is -0.370 e. The number of nitrogens with two attached hydrogens (primary N) is 1. The minimum atomic E-state index is -1.02. The largest absolute Gasteiger partial charge is 0.370 e. The van der Waals surface area contributed by atoms with Crippen LogP contribution in [0.3, 0.4) is 0 Å². The summed E-state index contributed by atoms with van der Waals surface area (Å²) in [7, 11) is 0. The molecule has 0 radical (unpaired) electrons. The topological polar surface area (TPSA) is 122 Å². The average molecular weight is 329 g/mol. The van der Waals surface area contributed by atoms with E-state index < -0.39 is 12.2 Å². The van der Waals surface area contributed by atoms with Crippen LogP contribution in [0.4, 0.5) is 0 Å². The number of amides is 2. The molecule has 132 valence electrons. The van der Waals surface area contributed by atoms with E-state index in [1.807, 2.05) is 0 Å². The zero-order valence-corrected chi connectivity index (χ0v) is 13.5. The van der Waals surface area contributed by atoms with Crippen LogP contribution in [0.5, 0.6) is 0 Å². The second-order valence-corrected chi connectivity index (χ2v) is 5.61. The lowest BCUT2D eigenvalue weighted by atomic mass is 10.1. The highest BCUT2D eigenvalue weighted by Gasteiger charge is 2.32. The first-order valence-corrected chi connectivity index (χ1v) is 8.22. The molecule has 0 saturated carbocycles. The van der Waals surface area contributed by atoms with E-state index in [1.165, 1.54) is 0 Å². The van der Waals surface area contributed by atoms with Gasteiger partial charge in [0.05, 0.1) is 0 Å². The Bertz CT molecular complexity index is 403. The number of aliphatic hydroxyl groups excluding tert-OH is 1. The molecule has 1 atom stereocenters. The number of aliphatic hydroxyl groups is 1. The monoisotopic (exact) mass is 329 g/mol. The van der Waals surface area contributed by atoms with Crippen LogP contribution in [0.2, 0.25) is 0 Å². The molecule has 0 spiro atoms. The smallest absolute Gasteiger partial charge is 0.332 e. The minimum absolute atomic E-state index is 0.0272. The Morgan fingerprint density at radius 2 is 1.91 bits per heavy atom. The summed E-state index contributed by atoms with van der Waals surface area (Å²) in [4.78, 5) is 39.2. The lowest BCUT2D eigenvalue weighted by Crippen LogP contribution is -2.35. The highest BCUT2D eigenvalue weighted by molar-refractivity contribution is 5.79. The summed E-state index contributed by atoms with van der Waals surface area (Å²) >= 11 is 0. The molecule has 0 aromatic heterocycles. The van der Waals surface area contributed by atoms with Crippen molar-refractivity contribution in [2.45, 2.75) is 64.0 Å². The molecule has 1 unspecified atom stereocenters. The number of nitrogens with zero attached hydrogens (tertiary/aromatic N) is 1. The van der Waals surface area contributed by atoms with Crippen molar-refractivity contribution in [1.82, 2.24) is 10.4 Å². The number of hydrogen-bond acceptors (Lipinski definition) is 6. The van der Waals surface area contributed by atoms with Crippen molar-refractivity contribution in [3.05, 3.63) is 0 Å². The first-order chi connectivity index (χ1) is 11.0. The van der Waals surface area contributed by atoms with Gasteiger partial charge in [0.2, 0.25) is 5.91 Å². The van der Waals surface area contributed by atoms with Crippen LogP contribution >= 0.6 is 0 Å². The van der Waals surface area contributed by atoms with Gasteiger partial charge >= 0.3 is 5.97 Å². The van der Waals surface area contributed by atoms with Crippen molar-refractivity contribution >= 4 is 17.8 Å². The number of rotatable bonds is 11. The van der Waals surface area contributed by atoms with Crippen LogP contribution in [0, 0.1) is 0 Å². The summed E-state index contributed by atoms with van der Waals surface area (Å²) in [6.45, 7) is 1.18. The summed E-state index contributed by atoms with van der Waals surface area (Å²) in [5.74, 6) is -0.857. The summed E-state index contributed by atoms with van der Waals surface area (Å²) in [6, 6.07) is 0. The summed E-state index contributed by atoms with van der Waals surface area (Å²) in [5, 5.41) is 13.0. The summed E-state index contributed by atoms with van der Waals surface area (Å²) in [6.07, 6.45) is 3.97. The quantitative estimate of drug-likeness (QED) is 0.465. The van der Waals surface area contributed by atoms with Crippen molar-refractivity contribution in [3.63, 3.8) is 0 Å². The molecule has 1 aliphatic heterocycles. The van der Waals surface area contributed by atoms with E-state index in [2.05, 4.69) is 5.32 Å². The summed E-state index contributed by atoms with van der Waals surface area (Å²) in [5.41, 5.74) is 5.34. The van der Waals surface area contributed by atoms with E-state index in [1.54, 1.807) is 0 Å². The first-order valence-electron chi connectivity index (χ1n) is 8.22. The van der Waals surface area contributed by atoms with Gasteiger partial charge in [-0.25, -0.2) is 4.79 Å². The Balaban J connectivity index is 1.99. The van der Waals surface area contributed by atoms with Gasteiger partial charge in [0.1, 0.15) is 0 Å². The maximum absolute atomic E-state index is 11.6. The van der Waals surface area contributed by atoms with Gasteiger partial charge in [-0.2, -0.15) is 0 Å². The molecule has 1 heterocycles. The fourth-order valence-corrected chi connectivity index (χ4v) is 2.24. The second kappa shape index (κ2) is 11.0. The van der Waals surface area contributed by atoms with Gasteiger partial charge < -0.3 is 21.0 Å². The molecule has 0 bridgehead atoms. The molecule has 1 aliphatic rings. The lowest BCUT2D eigenvalue weighted by Gasteiger charge is -2.18. The zero-order chi connectivity index (χ0) is 17.1. The maximum Gasteiger partial charge on any atom is 0.332 e. The normalized spacial score (nSPS) is 17.4. The molecular weight excluding hydrogens is 302 g/mol. The molecule has 1 rings (SSSR count). The second-order valence-electron chi connectivity index (χ2n) is 5.61.